The van der Waals surface area contributed by atoms with Gasteiger partial charge in [0.1, 0.15) is 13.6 Å². The van der Waals surface area contributed by atoms with E-state index in [9.17, 15) is 0 Å². The molecule has 0 aliphatic carbocycles. The van der Waals surface area contributed by atoms with E-state index in [1.807, 2.05) is 0 Å². The summed E-state index contributed by atoms with van der Waals surface area (Å²) < 4.78 is 2.25. The Morgan fingerprint density at radius 2 is 2.50 bits per heavy atom. The van der Waals surface area contributed by atoms with Gasteiger partial charge < -0.3 is 0 Å². The van der Waals surface area contributed by atoms with Crippen molar-refractivity contribution in [3.63, 3.8) is 0 Å². The third kappa shape index (κ3) is 1.07. The molecule has 2 nitrogen and oxygen atoms in total. The van der Waals surface area contributed by atoms with Gasteiger partial charge in [-0.05, 0) is 6.92 Å². The van der Waals surface area contributed by atoms with Crippen LogP contribution in [0.1, 0.15) is 6.92 Å². The van der Waals surface area contributed by atoms with Gasteiger partial charge >= 0.3 is 6.34 Å². The molecule has 1 aliphatic rings. The SMILES string of the molecule is CC[NH+]1C=[N+](C)CC1. The molecule has 1 heterocycles. The van der Waals surface area contributed by atoms with Crippen LogP contribution in [-0.4, -0.2) is 37.6 Å². The van der Waals surface area contributed by atoms with Crippen molar-refractivity contribution >= 4 is 6.34 Å². The second-order valence-electron chi connectivity index (χ2n) is 2.37. The topological polar surface area (TPSA) is 7.45 Å². The van der Waals surface area contributed by atoms with E-state index in [1.165, 1.54) is 19.6 Å². The Kier molecular flexibility index (Phi) is 1.63. The lowest BCUT2D eigenvalue weighted by atomic mass is 10.6. The summed E-state index contributed by atoms with van der Waals surface area (Å²) in [5.41, 5.74) is 0. The minimum Gasteiger partial charge on any atom is -0.249 e. The molecule has 0 saturated heterocycles. The molecule has 0 spiro atoms. The van der Waals surface area contributed by atoms with Gasteiger partial charge in [0.05, 0.1) is 6.54 Å². The zero-order chi connectivity index (χ0) is 5.98. The highest BCUT2D eigenvalue weighted by atomic mass is 15.2. The van der Waals surface area contributed by atoms with Gasteiger partial charge in [-0.15, -0.1) is 0 Å². The van der Waals surface area contributed by atoms with Gasteiger partial charge in [0.25, 0.3) is 0 Å². The van der Waals surface area contributed by atoms with Crippen LogP contribution in [0.3, 0.4) is 0 Å². The molecule has 2 heteroatoms. The van der Waals surface area contributed by atoms with Crippen LogP contribution in [0.2, 0.25) is 0 Å². The molecule has 46 valence electrons. The number of hydrogen-bond acceptors (Lipinski definition) is 0. The predicted octanol–water partition coefficient (Wildman–Crippen LogP) is -1.42. The van der Waals surface area contributed by atoms with E-state index in [4.69, 9.17) is 0 Å². The summed E-state index contributed by atoms with van der Waals surface area (Å²) >= 11 is 0. The summed E-state index contributed by atoms with van der Waals surface area (Å²) in [5, 5.41) is 0. The molecule has 1 N–H and O–H groups in total. The Labute approximate surface area is 50.4 Å². The standard InChI is InChI=1S/C6H13N2/c1-3-8-5-4-7(2)6-8/h6H,3-5H2,1-2H3/q+1/p+1. The van der Waals surface area contributed by atoms with E-state index in [2.05, 4.69) is 24.9 Å². The van der Waals surface area contributed by atoms with Crippen molar-refractivity contribution in [2.45, 2.75) is 6.92 Å². The third-order valence-corrected chi connectivity index (χ3v) is 1.64. The van der Waals surface area contributed by atoms with E-state index < -0.39 is 0 Å². The fourth-order valence-corrected chi connectivity index (χ4v) is 1.03. The van der Waals surface area contributed by atoms with Crippen molar-refractivity contribution in [3.05, 3.63) is 0 Å². The smallest absolute Gasteiger partial charge is 0.249 e. The number of rotatable bonds is 1. The molecular formula is C6H14N2+2. The summed E-state index contributed by atoms with van der Waals surface area (Å²) in [4.78, 5) is 1.59. The lowest BCUT2D eigenvalue weighted by Gasteiger charge is -1.95. The van der Waals surface area contributed by atoms with Crippen molar-refractivity contribution in [2.24, 2.45) is 0 Å². The van der Waals surface area contributed by atoms with Gasteiger partial charge in [-0.1, -0.05) is 0 Å². The molecule has 0 radical (unpaired) electrons. The fourth-order valence-electron chi connectivity index (χ4n) is 1.03. The Morgan fingerprint density at radius 3 is 2.75 bits per heavy atom. The first-order chi connectivity index (χ1) is 3.83. The molecule has 0 fully saturated rings. The van der Waals surface area contributed by atoms with E-state index in [0.29, 0.717) is 0 Å². The largest absolute Gasteiger partial charge is 0.325 e. The quantitative estimate of drug-likeness (QED) is 0.400. The first kappa shape index (κ1) is 5.76. The molecule has 8 heavy (non-hydrogen) atoms. The third-order valence-electron chi connectivity index (χ3n) is 1.64. The van der Waals surface area contributed by atoms with Gasteiger partial charge in [-0.2, -0.15) is 4.58 Å². The number of nitrogens with one attached hydrogen (secondary N) is 1. The van der Waals surface area contributed by atoms with Crippen molar-refractivity contribution < 1.29 is 9.48 Å². The number of nitrogens with zero attached hydrogens (tertiary/aromatic N) is 1. The van der Waals surface area contributed by atoms with Gasteiger partial charge in [0, 0.05) is 0 Å². The van der Waals surface area contributed by atoms with Crippen LogP contribution in [0.4, 0.5) is 0 Å². The molecule has 1 atom stereocenters. The lowest BCUT2D eigenvalue weighted by Crippen LogP contribution is -3.09. The number of hydrogen-bond donors (Lipinski definition) is 1. The number of quaternary nitrogens is 1. The zero-order valence-electron chi connectivity index (χ0n) is 5.65. The maximum Gasteiger partial charge on any atom is 0.325 e. The molecule has 1 aliphatic heterocycles. The van der Waals surface area contributed by atoms with Crippen LogP contribution in [0.5, 0.6) is 0 Å². The Bertz CT molecular complexity index is 107. The van der Waals surface area contributed by atoms with Crippen LogP contribution >= 0.6 is 0 Å². The lowest BCUT2D eigenvalue weighted by molar-refractivity contribution is -0.790. The summed E-state index contributed by atoms with van der Waals surface area (Å²) in [7, 11) is 2.13. The summed E-state index contributed by atoms with van der Waals surface area (Å²) in [6, 6.07) is 0. The van der Waals surface area contributed by atoms with Crippen LogP contribution < -0.4 is 4.90 Å². The molecule has 0 aromatic rings. The highest BCUT2D eigenvalue weighted by Crippen LogP contribution is 1.65. The van der Waals surface area contributed by atoms with Crippen LogP contribution in [0, 0.1) is 0 Å². The van der Waals surface area contributed by atoms with Crippen molar-refractivity contribution in [1.82, 2.24) is 0 Å². The highest BCUT2D eigenvalue weighted by Gasteiger charge is 2.16. The second kappa shape index (κ2) is 2.27. The van der Waals surface area contributed by atoms with Gasteiger partial charge in [-0.25, -0.2) is 4.90 Å². The first-order valence-corrected chi connectivity index (χ1v) is 3.22. The molecule has 0 aromatic carbocycles. The average Bonchev–Trinajstić information content (AvgIpc) is 2.14. The maximum atomic E-state index is 2.25. The molecule has 0 bridgehead atoms. The van der Waals surface area contributed by atoms with Crippen LogP contribution in [0.25, 0.3) is 0 Å². The summed E-state index contributed by atoms with van der Waals surface area (Å²) in [6.45, 7) is 5.95. The molecule has 0 aromatic heterocycles. The van der Waals surface area contributed by atoms with Crippen molar-refractivity contribution in [1.29, 1.82) is 0 Å². The van der Waals surface area contributed by atoms with E-state index in [-0.39, 0.29) is 0 Å². The Morgan fingerprint density at radius 1 is 1.75 bits per heavy atom. The normalized spacial score (nSPS) is 28.2. The minimum atomic E-state index is 1.23. The molecule has 1 rings (SSSR count). The highest BCUT2D eigenvalue weighted by molar-refractivity contribution is 5.36. The van der Waals surface area contributed by atoms with Crippen molar-refractivity contribution in [3.8, 4) is 0 Å². The first-order valence-electron chi connectivity index (χ1n) is 3.22. The minimum absolute atomic E-state index is 1.23. The van der Waals surface area contributed by atoms with E-state index in [1.54, 1.807) is 4.90 Å². The van der Waals surface area contributed by atoms with Gasteiger partial charge in [0.2, 0.25) is 0 Å². The predicted molar refractivity (Wildman–Crippen MR) is 33.5 cm³/mol. The van der Waals surface area contributed by atoms with Crippen molar-refractivity contribution in [2.75, 3.05) is 26.7 Å². The molecule has 0 amide bonds. The van der Waals surface area contributed by atoms with Gasteiger partial charge in [0.15, 0.2) is 6.54 Å². The van der Waals surface area contributed by atoms with Crippen LogP contribution in [0.15, 0.2) is 0 Å². The Balaban J connectivity index is 2.41. The van der Waals surface area contributed by atoms with Crippen LogP contribution in [-0.2, 0) is 0 Å². The summed E-state index contributed by atoms with van der Waals surface area (Å²) in [6.07, 6.45) is 2.25. The maximum absolute atomic E-state index is 2.25. The fraction of sp³-hybridized carbons (Fsp3) is 0.833. The molecule has 0 saturated carbocycles. The van der Waals surface area contributed by atoms with E-state index in [0.717, 1.165) is 0 Å². The Hall–Kier alpha value is -0.370. The van der Waals surface area contributed by atoms with E-state index >= 15 is 0 Å². The average molecular weight is 114 g/mol. The monoisotopic (exact) mass is 114 g/mol. The summed E-state index contributed by atoms with van der Waals surface area (Å²) in [5.74, 6) is 0. The molecule has 1 unspecified atom stereocenters. The van der Waals surface area contributed by atoms with Gasteiger partial charge in [-0.3, -0.25) is 0 Å². The second-order valence-corrected chi connectivity index (χ2v) is 2.37. The number of likely N-dealkylation sites (N-methyl/N-ethyl adjacent to an activating group) is 2. The zero-order valence-corrected chi connectivity index (χ0v) is 5.65. The molecular weight excluding hydrogens is 100 g/mol.